The Balaban J connectivity index is 1.65. The molecule has 6 nitrogen and oxygen atoms in total. The summed E-state index contributed by atoms with van der Waals surface area (Å²) in [5.74, 6) is 0.280. The Morgan fingerprint density at radius 1 is 1.07 bits per heavy atom. The number of amides is 2. The number of aromatic nitrogens is 1. The first kappa shape index (κ1) is 19.1. The van der Waals surface area contributed by atoms with Gasteiger partial charge < -0.3 is 15.4 Å². The summed E-state index contributed by atoms with van der Waals surface area (Å²) in [6.45, 7) is 6.54. The van der Waals surface area contributed by atoms with Gasteiger partial charge in [0.05, 0.1) is 18.8 Å². The second-order valence-electron chi connectivity index (χ2n) is 7.85. The highest BCUT2D eigenvalue weighted by Crippen LogP contribution is 2.29. The largest absolute Gasteiger partial charge is 0.376 e. The lowest BCUT2D eigenvalue weighted by atomic mass is 9.95. The number of benzene rings is 2. The van der Waals surface area contributed by atoms with Crippen LogP contribution in [0.15, 0.2) is 48.7 Å². The first-order valence-corrected chi connectivity index (χ1v) is 9.52. The van der Waals surface area contributed by atoms with E-state index >= 15 is 0 Å². The number of hydrogen-bond donors (Lipinski definition) is 2. The van der Waals surface area contributed by atoms with E-state index in [0.29, 0.717) is 24.6 Å². The number of rotatable bonds is 4. The number of pyridine rings is 1. The van der Waals surface area contributed by atoms with Gasteiger partial charge in [-0.05, 0) is 60.2 Å². The quantitative estimate of drug-likeness (QED) is 0.713. The fourth-order valence-corrected chi connectivity index (χ4v) is 3.46. The average Bonchev–Trinajstić information content (AvgIpc) is 2.66. The van der Waals surface area contributed by atoms with Crippen molar-refractivity contribution < 1.29 is 14.3 Å². The molecule has 0 aliphatic carbocycles. The molecule has 6 heteroatoms. The van der Waals surface area contributed by atoms with E-state index in [0.717, 1.165) is 27.5 Å². The number of hydrogen-bond acceptors (Lipinski definition) is 4. The summed E-state index contributed by atoms with van der Waals surface area (Å²) in [6.07, 6.45) is 1.74. The Kier molecular flexibility index (Phi) is 4.80. The van der Waals surface area contributed by atoms with E-state index in [9.17, 15) is 9.59 Å². The number of carbonyl (C=O) groups excluding carboxylic acids is 2. The molecule has 4 rings (SSSR count). The van der Waals surface area contributed by atoms with Crippen molar-refractivity contribution >= 4 is 28.4 Å². The van der Waals surface area contributed by atoms with Crippen molar-refractivity contribution in [2.45, 2.75) is 26.3 Å². The number of nitrogens with one attached hydrogen (secondary N) is 2. The van der Waals surface area contributed by atoms with E-state index in [1.807, 2.05) is 56.3 Å². The van der Waals surface area contributed by atoms with Crippen molar-refractivity contribution in [2.75, 3.05) is 18.5 Å². The third-order valence-corrected chi connectivity index (χ3v) is 5.09. The van der Waals surface area contributed by atoms with Gasteiger partial charge in [0.1, 0.15) is 5.82 Å². The number of carbonyl (C=O) groups is 2. The van der Waals surface area contributed by atoms with Gasteiger partial charge in [-0.2, -0.15) is 0 Å². The molecule has 1 aliphatic rings. The summed E-state index contributed by atoms with van der Waals surface area (Å²) < 4.78 is 5.21. The normalized spacial score (nSPS) is 14.9. The van der Waals surface area contributed by atoms with Crippen LogP contribution in [0.4, 0.5) is 5.82 Å². The Hall–Kier alpha value is -3.25. The molecule has 148 valence electrons. The lowest BCUT2D eigenvalue weighted by Gasteiger charge is -2.38. The molecule has 2 amide bonds. The van der Waals surface area contributed by atoms with Gasteiger partial charge in [-0.1, -0.05) is 18.2 Å². The highest BCUT2D eigenvalue weighted by Gasteiger charge is 2.35. The predicted molar refractivity (Wildman–Crippen MR) is 113 cm³/mol. The molecule has 1 fully saturated rings. The van der Waals surface area contributed by atoms with Crippen LogP contribution in [-0.4, -0.2) is 35.6 Å². The van der Waals surface area contributed by atoms with Crippen LogP contribution in [0.1, 0.15) is 29.8 Å². The third kappa shape index (κ3) is 3.98. The Labute approximate surface area is 169 Å². The van der Waals surface area contributed by atoms with Crippen molar-refractivity contribution in [1.82, 2.24) is 10.3 Å². The summed E-state index contributed by atoms with van der Waals surface area (Å²) in [7, 11) is 0. The minimum Gasteiger partial charge on any atom is -0.376 e. The minimum atomic E-state index is -0.289. The molecule has 0 spiro atoms. The zero-order valence-electron chi connectivity index (χ0n) is 16.7. The number of anilines is 1. The fourth-order valence-electron chi connectivity index (χ4n) is 3.46. The molecule has 0 saturated carbocycles. The summed E-state index contributed by atoms with van der Waals surface area (Å²) in [5, 5.41) is 7.69. The second kappa shape index (κ2) is 7.29. The van der Waals surface area contributed by atoms with Gasteiger partial charge in [0.15, 0.2) is 0 Å². The van der Waals surface area contributed by atoms with Crippen molar-refractivity contribution in [1.29, 1.82) is 0 Å². The lowest BCUT2D eigenvalue weighted by molar-refractivity contribution is -0.114. The van der Waals surface area contributed by atoms with Crippen molar-refractivity contribution in [3.63, 3.8) is 0 Å². The predicted octanol–water partition coefficient (Wildman–Crippen LogP) is 3.69. The van der Waals surface area contributed by atoms with Gasteiger partial charge >= 0.3 is 0 Å². The number of fused-ring (bicyclic) bond motifs is 1. The highest BCUT2D eigenvalue weighted by atomic mass is 16.5. The molecule has 3 aromatic rings. The van der Waals surface area contributed by atoms with Crippen LogP contribution in [0.25, 0.3) is 21.9 Å². The Morgan fingerprint density at radius 3 is 2.55 bits per heavy atom. The van der Waals surface area contributed by atoms with Gasteiger partial charge in [-0.25, -0.2) is 4.98 Å². The molecule has 2 aromatic carbocycles. The van der Waals surface area contributed by atoms with Crippen LogP contribution in [0.5, 0.6) is 0 Å². The molecule has 0 radical (unpaired) electrons. The highest BCUT2D eigenvalue weighted by molar-refractivity contribution is 5.97. The van der Waals surface area contributed by atoms with E-state index in [-0.39, 0.29) is 17.4 Å². The summed E-state index contributed by atoms with van der Waals surface area (Å²) in [5.41, 5.74) is 3.43. The van der Waals surface area contributed by atoms with Crippen LogP contribution >= 0.6 is 0 Å². The van der Waals surface area contributed by atoms with E-state index in [2.05, 4.69) is 15.6 Å². The fraction of sp³-hybridized carbons (Fsp3) is 0.261. The monoisotopic (exact) mass is 389 g/mol. The summed E-state index contributed by atoms with van der Waals surface area (Å²) in [4.78, 5) is 28.2. The first-order valence-electron chi connectivity index (χ1n) is 9.52. The zero-order valence-corrected chi connectivity index (χ0v) is 16.7. The number of ether oxygens (including phenoxy) is 1. The smallest absolute Gasteiger partial charge is 0.251 e. The Bertz CT molecular complexity index is 1120. The van der Waals surface area contributed by atoms with Gasteiger partial charge in [-0.15, -0.1) is 0 Å². The van der Waals surface area contributed by atoms with E-state index in [4.69, 9.17) is 4.74 Å². The van der Waals surface area contributed by atoms with Crippen LogP contribution in [0.2, 0.25) is 0 Å². The lowest BCUT2D eigenvalue weighted by Crippen LogP contribution is -2.59. The van der Waals surface area contributed by atoms with Gasteiger partial charge in [-0.3, -0.25) is 9.59 Å². The molecule has 1 aliphatic heterocycles. The molecular weight excluding hydrogens is 366 g/mol. The zero-order chi connectivity index (χ0) is 20.6. The number of nitrogens with zero attached hydrogens (tertiary/aromatic N) is 1. The molecule has 0 unspecified atom stereocenters. The molecular formula is C23H23N3O3. The maximum atomic E-state index is 12.7. The van der Waals surface area contributed by atoms with Crippen LogP contribution < -0.4 is 10.6 Å². The molecule has 1 saturated heterocycles. The molecule has 0 atom stereocenters. The van der Waals surface area contributed by atoms with Gasteiger partial charge in [0.25, 0.3) is 5.91 Å². The van der Waals surface area contributed by atoms with Crippen molar-refractivity contribution in [3.8, 4) is 11.1 Å². The maximum Gasteiger partial charge on any atom is 0.251 e. The molecule has 0 bridgehead atoms. The molecule has 29 heavy (non-hydrogen) atoms. The molecule has 2 heterocycles. The van der Waals surface area contributed by atoms with E-state index < -0.39 is 0 Å². The standard InChI is InChI=1S/C23H23N3O3/c1-14-4-5-18(22(28)26-23(3)12-29-13-23)9-20(14)17-7-6-16-10-21(25-15(2)27)24-11-19(16)8-17/h4-11H,12-13H2,1-3H3,(H,26,28)(H,24,25,27). The van der Waals surface area contributed by atoms with Crippen LogP contribution in [0.3, 0.4) is 0 Å². The average molecular weight is 389 g/mol. The van der Waals surface area contributed by atoms with E-state index in [1.165, 1.54) is 6.92 Å². The topological polar surface area (TPSA) is 80.3 Å². The van der Waals surface area contributed by atoms with Crippen molar-refractivity contribution in [2.24, 2.45) is 0 Å². The van der Waals surface area contributed by atoms with Gasteiger partial charge in [0.2, 0.25) is 5.91 Å². The van der Waals surface area contributed by atoms with Gasteiger partial charge in [0, 0.05) is 24.1 Å². The molecule has 2 N–H and O–H groups in total. The van der Waals surface area contributed by atoms with E-state index in [1.54, 1.807) is 6.20 Å². The number of aryl methyl sites for hydroxylation is 1. The second-order valence-corrected chi connectivity index (χ2v) is 7.85. The SMILES string of the molecule is CC(=O)Nc1cc2ccc(-c3cc(C(=O)NC4(C)COC4)ccc3C)cc2cn1. The summed E-state index contributed by atoms with van der Waals surface area (Å²) in [6, 6.07) is 13.6. The van der Waals surface area contributed by atoms with Crippen LogP contribution in [-0.2, 0) is 9.53 Å². The third-order valence-electron chi connectivity index (χ3n) is 5.09. The summed E-state index contributed by atoms with van der Waals surface area (Å²) >= 11 is 0. The van der Waals surface area contributed by atoms with Crippen LogP contribution in [0, 0.1) is 6.92 Å². The Morgan fingerprint density at radius 2 is 1.86 bits per heavy atom. The van der Waals surface area contributed by atoms with Crippen molar-refractivity contribution in [3.05, 3.63) is 59.8 Å². The minimum absolute atomic E-state index is 0.0977. The maximum absolute atomic E-state index is 12.7. The first-order chi connectivity index (χ1) is 13.8. The molecule has 1 aromatic heterocycles.